The number of carbonyl (C=O) groups excluding carboxylic acids is 2. The predicted octanol–water partition coefficient (Wildman–Crippen LogP) is 2.35. The first-order chi connectivity index (χ1) is 15.2. The third-order valence-electron chi connectivity index (χ3n) is 5.87. The van der Waals surface area contributed by atoms with E-state index >= 15 is 0 Å². The van der Waals surface area contributed by atoms with Crippen LogP contribution >= 0.6 is 0 Å². The van der Waals surface area contributed by atoms with Crippen molar-refractivity contribution >= 4 is 27.5 Å². The van der Waals surface area contributed by atoms with Crippen LogP contribution in [-0.2, 0) is 26.2 Å². The summed E-state index contributed by atoms with van der Waals surface area (Å²) in [4.78, 5) is 24.4. The molecular weight excluding hydrogens is 430 g/mol. The van der Waals surface area contributed by atoms with Crippen molar-refractivity contribution in [1.29, 1.82) is 0 Å². The van der Waals surface area contributed by atoms with Gasteiger partial charge in [0.1, 0.15) is 5.75 Å². The molecule has 0 saturated carbocycles. The van der Waals surface area contributed by atoms with Gasteiger partial charge in [0.2, 0.25) is 15.9 Å². The molecular formula is C23H27N3O5S. The maximum absolute atomic E-state index is 13.4. The molecule has 2 heterocycles. The number of anilines is 1. The Morgan fingerprint density at radius 1 is 1.22 bits per heavy atom. The van der Waals surface area contributed by atoms with Gasteiger partial charge in [-0.25, -0.2) is 8.42 Å². The first kappa shape index (κ1) is 22.3. The van der Waals surface area contributed by atoms with Gasteiger partial charge in [0.25, 0.3) is 5.91 Å². The smallest absolute Gasteiger partial charge is 0.262 e. The Morgan fingerprint density at radius 2 is 1.97 bits per heavy atom. The van der Waals surface area contributed by atoms with Crippen LogP contribution in [0.1, 0.15) is 29.5 Å². The molecule has 0 spiro atoms. The highest BCUT2D eigenvalue weighted by Crippen LogP contribution is 2.35. The molecule has 2 aliphatic heterocycles. The number of hydrogen-bond acceptors (Lipinski definition) is 5. The molecule has 2 aromatic rings. The van der Waals surface area contributed by atoms with Crippen molar-refractivity contribution in [2.24, 2.45) is 5.92 Å². The molecule has 0 radical (unpaired) electrons. The SMILES string of the molecule is Cc1ccc(CNC(=O)C2CCCN(S(=O)(=O)c3cc4c(cc3C)NC(=O)CO4)C2)cc1. The quantitative estimate of drug-likeness (QED) is 0.717. The Bertz CT molecular complexity index is 1140. The third kappa shape index (κ3) is 4.63. The summed E-state index contributed by atoms with van der Waals surface area (Å²) in [5, 5.41) is 5.62. The summed E-state index contributed by atoms with van der Waals surface area (Å²) >= 11 is 0. The molecule has 32 heavy (non-hydrogen) atoms. The van der Waals surface area contributed by atoms with Crippen LogP contribution < -0.4 is 15.4 Å². The molecule has 2 N–H and O–H groups in total. The normalized spacial score (nSPS) is 18.9. The number of aryl methyl sites for hydroxylation is 2. The lowest BCUT2D eigenvalue weighted by molar-refractivity contribution is -0.126. The summed E-state index contributed by atoms with van der Waals surface area (Å²) in [5.74, 6) is -0.489. The fourth-order valence-electron chi connectivity index (χ4n) is 4.05. The van der Waals surface area contributed by atoms with Crippen LogP contribution in [0.3, 0.4) is 0 Å². The van der Waals surface area contributed by atoms with Crippen LogP contribution in [0.25, 0.3) is 0 Å². The van der Waals surface area contributed by atoms with E-state index in [2.05, 4.69) is 10.6 Å². The average molecular weight is 458 g/mol. The van der Waals surface area contributed by atoms with Crippen LogP contribution in [-0.4, -0.2) is 44.2 Å². The summed E-state index contributed by atoms with van der Waals surface area (Å²) in [6, 6.07) is 11.0. The van der Waals surface area contributed by atoms with E-state index < -0.39 is 15.9 Å². The van der Waals surface area contributed by atoms with E-state index in [4.69, 9.17) is 4.74 Å². The van der Waals surface area contributed by atoms with E-state index in [9.17, 15) is 18.0 Å². The monoisotopic (exact) mass is 457 g/mol. The van der Waals surface area contributed by atoms with Crippen LogP contribution in [0.2, 0.25) is 0 Å². The number of amides is 2. The van der Waals surface area contributed by atoms with E-state index in [1.54, 1.807) is 13.0 Å². The number of nitrogens with zero attached hydrogens (tertiary/aromatic N) is 1. The first-order valence-corrected chi connectivity index (χ1v) is 12.1. The van der Waals surface area contributed by atoms with Gasteiger partial charge in [-0.15, -0.1) is 0 Å². The molecule has 8 nitrogen and oxygen atoms in total. The molecule has 2 amide bonds. The van der Waals surface area contributed by atoms with Crippen molar-refractivity contribution in [2.75, 3.05) is 25.0 Å². The number of sulfonamides is 1. The van der Waals surface area contributed by atoms with Gasteiger partial charge < -0.3 is 15.4 Å². The number of piperidine rings is 1. The minimum Gasteiger partial charge on any atom is -0.482 e. The van der Waals surface area contributed by atoms with Crippen LogP contribution in [0.5, 0.6) is 5.75 Å². The van der Waals surface area contributed by atoms with Crippen molar-refractivity contribution in [3.05, 3.63) is 53.1 Å². The molecule has 1 atom stereocenters. The van der Waals surface area contributed by atoms with Gasteiger partial charge >= 0.3 is 0 Å². The highest BCUT2D eigenvalue weighted by Gasteiger charge is 2.35. The zero-order chi connectivity index (χ0) is 22.9. The van der Waals surface area contributed by atoms with Gasteiger partial charge in [0.05, 0.1) is 16.5 Å². The summed E-state index contributed by atoms with van der Waals surface area (Å²) in [5.41, 5.74) is 3.13. The largest absolute Gasteiger partial charge is 0.482 e. The van der Waals surface area contributed by atoms with Gasteiger partial charge in [-0.2, -0.15) is 4.31 Å². The number of hydrogen-bond donors (Lipinski definition) is 2. The summed E-state index contributed by atoms with van der Waals surface area (Å²) < 4.78 is 33.6. The highest BCUT2D eigenvalue weighted by atomic mass is 32.2. The summed E-state index contributed by atoms with van der Waals surface area (Å²) in [7, 11) is -3.82. The average Bonchev–Trinajstić information content (AvgIpc) is 2.78. The van der Waals surface area contributed by atoms with E-state index in [1.807, 2.05) is 31.2 Å². The number of benzene rings is 2. The number of nitrogens with one attached hydrogen (secondary N) is 2. The van der Waals surface area contributed by atoms with E-state index in [0.29, 0.717) is 42.9 Å². The van der Waals surface area contributed by atoms with Crippen molar-refractivity contribution in [3.8, 4) is 5.75 Å². The standard InChI is InChI=1S/C23H27N3O5S/c1-15-5-7-17(8-6-15)12-24-23(28)18-4-3-9-26(13-18)32(29,30)21-11-20-19(10-16(21)2)25-22(27)14-31-20/h5-8,10-11,18H,3-4,9,12-14H2,1-2H3,(H,24,28)(H,25,27). The Hall–Kier alpha value is -2.91. The van der Waals surface area contributed by atoms with Crippen molar-refractivity contribution < 1.29 is 22.7 Å². The number of rotatable bonds is 5. The first-order valence-electron chi connectivity index (χ1n) is 10.6. The molecule has 0 bridgehead atoms. The van der Waals surface area contributed by atoms with Crippen LogP contribution in [0.15, 0.2) is 41.3 Å². The number of carbonyl (C=O) groups is 2. The molecule has 2 aromatic carbocycles. The highest BCUT2D eigenvalue weighted by molar-refractivity contribution is 7.89. The maximum atomic E-state index is 13.4. The Balaban J connectivity index is 1.47. The molecule has 1 unspecified atom stereocenters. The van der Waals surface area contributed by atoms with Gasteiger partial charge in [-0.3, -0.25) is 9.59 Å². The molecule has 9 heteroatoms. The summed E-state index contributed by atoms with van der Waals surface area (Å²) in [6.45, 7) is 4.45. The number of fused-ring (bicyclic) bond motifs is 1. The lowest BCUT2D eigenvalue weighted by Gasteiger charge is -2.32. The van der Waals surface area contributed by atoms with Gasteiger partial charge in [0.15, 0.2) is 6.61 Å². The zero-order valence-electron chi connectivity index (χ0n) is 18.2. The topological polar surface area (TPSA) is 105 Å². The second-order valence-electron chi connectivity index (χ2n) is 8.36. The lowest BCUT2D eigenvalue weighted by atomic mass is 9.98. The van der Waals surface area contributed by atoms with Crippen molar-refractivity contribution in [2.45, 2.75) is 38.1 Å². The maximum Gasteiger partial charge on any atom is 0.262 e. The predicted molar refractivity (Wildman–Crippen MR) is 120 cm³/mol. The second-order valence-corrected chi connectivity index (χ2v) is 10.3. The van der Waals surface area contributed by atoms with Gasteiger partial charge in [0, 0.05) is 25.7 Å². The fraction of sp³-hybridized carbons (Fsp3) is 0.391. The second kappa shape index (κ2) is 8.91. The van der Waals surface area contributed by atoms with Crippen molar-refractivity contribution in [1.82, 2.24) is 9.62 Å². The van der Waals surface area contributed by atoms with E-state index in [0.717, 1.165) is 11.1 Å². The van der Waals surface area contributed by atoms with Crippen LogP contribution in [0.4, 0.5) is 5.69 Å². The fourth-order valence-corrected chi connectivity index (χ4v) is 5.79. The molecule has 2 aliphatic rings. The minimum absolute atomic E-state index is 0.133. The van der Waals surface area contributed by atoms with Crippen molar-refractivity contribution in [3.63, 3.8) is 0 Å². The van der Waals surface area contributed by atoms with Gasteiger partial charge in [-0.1, -0.05) is 29.8 Å². The Kier molecular flexibility index (Phi) is 6.21. The molecule has 170 valence electrons. The molecule has 1 saturated heterocycles. The Morgan fingerprint density at radius 3 is 2.72 bits per heavy atom. The minimum atomic E-state index is -3.82. The van der Waals surface area contributed by atoms with Crippen LogP contribution in [0, 0.1) is 19.8 Å². The molecule has 1 fully saturated rings. The summed E-state index contributed by atoms with van der Waals surface area (Å²) in [6.07, 6.45) is 1.25. The Labute approximate surface area is 188 Å². The third-order valence-corrected chi connectivity index (χ3v) is 7.88. The van der Waals surface area contributed by atoms with Gasteiger partial charge in [-0.05, 0) is 43.9 Å². The number of ether oxygens (including phenoxy) is 1. The zero-order valence-corrected chi connectivity index (χ0v) is 19.0. The molecule has 0 aliphatic carbocycles. The molecule has 0 aromatic heterocycles. The van der Waals surface area contributed by atoms with E-state index in [1.165, 1.54) is 10.4 Å². The molecule has 4 rings (SSSR count). The van der Waals surface area contributed by atoms with E-state index in [-0.39, 0.29) is 29.9 Å². The lowest BCUT2D eigenvalue weighted by Crippen LogP contribution is -2.45.